The first kappa shape index (κ1) is 18.5. The van der Waals surface area contributed by atoms with Crippen LogP contribution in [0.15, 0.2) is 47.2 Å². The minimum atomic E-state index is 0.634. The first-order valence-corrected chi connectivity index (χ1v) is 9.76. The van der Waals surface area contributed by atoms with Gasteiger partial charge in [-0.25, -0.2) is 9.97 Å². The van der Waals surface area contributed by atoms with Crippen molar-refractivity contribution in [1.29, 1.82) is 0 Å². The number of rotatable bonds is 7. The molecule has 0 bridgehead atoms. The standard InChI is InChI=1S/C22H25N3O3/c1-3-26-18-8-7-16(21(12-18)27-4-2)14-25-10-9-19-17(15-25)13-23-22(24-19)20-6-5-11-28-20/h5-8,11-13H,3-4,9-10,14-15H2,1-2H3. The summed E-state index contributed by atoms with van der Waals surface area (Å²) in [5, 5.41) is 0. The van der Waals surface area contributed by atoms with E-state index in [2.05, 4.69) is 16.0 Å². The SMILES string of the molecule is CCOc1ccc(CN2CCc3nc(-c4ccco4)ncc3C2)c(OCC)c1. The Balaban J connectivity index is 1.49. The van der Waals surface area contributed by atoms with Crippen molar-refractivity contribution in [3.63, 3.8) is 0 Å². The van der Waals surface area contributed by atoms with Crippen LogP contribution in [0.5, 0.6) is 11.5 Å². The van der Waals surface area contributed by atoms with Crippen molar-refractivity contribution in [2.45, 2.75) is 33.4 Å². The molecule has 3 heterocycles. The summed E-state index contributed by atoms with van der Waals surface area (Å²) in [6.07, 6.45) is 4.47. The van der Waals surface area contributed by atoms with E-state index in [-0.39, 0.29) is 0 Å². The Labute approximate surface area is 165 Å². The second-order valence-electron chi connectivity index (χ2n) is 6.74. The predicted molar refractivity (Wildman–Crippen MR) is 106 cm³/mol. The van der Waals surface area contributed by atoms with Crippen LogP contribution in [-0.2, 0) is 19.5 Å². The number of hydrogen-bond donors (Lipinski definition) is 0. The fourth-order valence-corrected chi connectivity index (χ4v) is 3.49. The number of aromatic nitrogens is 2. The lowest BCUT2D eigenvalue weighted by molar-refractivity contribution is 0.236. The van der Waals surface area contributed by atoms with Crippen LogP contribution in [-0.4, -0.2) is 34.6 Å². The first-order valence-electron chi connectivity index (χ1n) is 9.76. The molecule has 0 saturated carbocycles. The van der Waals surface area contributed by atoms with E-state index in [1.807, 2.05) is 44.3 Å². The maximum Gasteiger partial charge on any atom is 0.195 e. The highest BCUT2D eigenvalue weighted by Gasteiger charge is 2.20. The Kier molecular flexibility index (Phi) is 5.58. The van der Waals surface area contributed by atoms with Crippen LogP contribution in [0.25, 0.3) is 11.6 Å². The Hall–Kier alpha value is -2.86. The zero-order valence-electron chi connectivity index (χ0n) is 16.4. The van der Waals surface area contributed by atoms with Crippen molar-refractivity contribution < 1.29 is 13.9 Å². The van der Waals surface area contributed by atoms with Gasteiger partial charge < -0.3 is 13.9 Å². The molecule has 6 heteroatoms. The van der Waals surface area contributed by atoms with Gasteiger partial charge in [0.25, 0.3) is 0 Å². The van der Waals surface area contributed by atoms with E-state index in [0.29, 0.717) is 24.8 Å². The van der Waals surface area contributed by atoms with E-state index >= 15 is 0 Å². The van der Waals surface area contributed by atoms with Gasteiger partial charge in [-0.1, -0.05) is 6.07 Å². The molecule has 1 aliphatic heterocycles. The second kappa shape index (κ2) is 8.44. The Bertz CT molecular complexity index is 925. The van der Waals surface area contributed by atoms with Crippen molar-refractivity contribution >= 4 is 0 Å². The molecule has 0 fully saturated rings. The minimum Gasteiger partial charge on any atom is -0.494 e. The molecule has 0 atom stereocenters. The third-order valence-electron chi connectivity index (χ3n) is 4.80. The summed E-state index contributed by atoms with van der Waals surface area (Å²) >= 11 is 0. The molecule has 2 aromatic heterocycles. The van der Waals surface area contributed by atoms with Crippen LogP contribution < -0.4 is 9.47 Å². The van der Waals surface area contributed by atoms with Gasteiger partial charge in [-0.3, -0.25) is 4.90 Å². The van der Waals surface area contributed by atoms with E-state index in [1.165, 1.54) is 11.1 Å². The van der Waals surface area contributed by atoms with Crippen LogP contribution in [0.4, 0.5) is 0 Å². The molecule has 28 heavy (non-hydrogen) atoms. The summed E-state index contributed by atoms with van der Waals surface area (Å²) in [6.45, 7) is 7.86. The smallest absolute Gasteiger partial charge is 0.195 e. The van der Waals surface area contributed by atoms with Crippen molar-refractivity contribution in [3.05, 3.63) is 59.6 Å². The van der Waals surface area contributed by atoms with Gasteiger partial charge >= 0.3 is 0 Å². The summed E-state index contributed by atoms with van der Waals surface area (Å²) in [6, 6.07) is 9.84. The van der Waals surface area contributed by atoms with E-state index < -0.39 is 0 Å². The molecule has 3 aromatic rings. The zero-order chi connectivity index (χ0) is 19.3. The normalized spacial score (nSPS) is 13.9. The quantitative estimate of drug-likeness (QED) is 0.616. The van der Waals surface area contributed by atoms with E-state index in [9.17, 15) is 0 Å². The van der Waals surface area contributed by atoms with Gasteiger partial charge in [0.05, 0.1) is 25.2 Å². The average molecular weight is 379 g/mol. The number of furan rings is 1. The van der Waals surface area contributed by atoms with E-state index in [0.717, 1.165) is 43.2 Å². The molecule has 4 rings (SSSR count). The fraction of sp³-hybridized carbons (Fsp3) is 0.364. The summed E-state index contributed by atoms with van der Waals surface area (Å²) in [5.74, 6) is 3.10. The molecular weight excluding hydrogens is 354 g/mol. The average Bonchev–Trinajstić information content (AvgIpc) is 3.25. The van der Waals surface area contributed by atoms with Gasteiger partial charge in [0.15, 0.2) is 11.6 Å². The summed E-state index contributed by atoms with van der Waals surface area (Å²) in [7, 11) is 0. The second-order valence-corrected chi connectivity index (χ2v) is 6.74. The minimum absolute atomic E-state index is 0.634. The predicted octanol–water partition coefficient (Wildman–Crippen LogP) is 4.09. The van der Waals surface area contributed by atoms with Crippen LogP contribution >= 0.6 is 0 Å². The molecule has 0 radical (unpaired) electrons. The number of ether oxygens (including phenoxy) is 2. The van der Waals surface area contributed by atoms with Crippen LogP contribution in [0.1, 0.15) is 30.7 Å². The van der Waals surface area contributed by atoms with Crippen molar-refractivity contribution in [3.8, 4) is 23.1 Å². The van der Waals surface area contributed by atoms with Crippen LogP contribution in [0, 0.1) is 0 Å². The highest BCUT2D eigenvalue weighted by molar-refractivity contribution is 5.47. The number of benzene rings is 1. The summed E-state index contributed by atoms with van der Waals surface area (Å²) in [5.41, 5.74) is 3.45. The zero-order valence-corrected chi connectivity index (χ0v) is 16.4. The van der Waals surface area contributed by atoms with Crippen molar-refractivity contribution in [2.24, 2.45) is 0 Å². The summed E-state index contributed by atoms with van der Waals surface area (Å²) < 4.78 is 16.9. The maximum atomic E-state index is 5.85. The Morgan fingerprint density at radius 2 is 2.04 bits per heavy atom. The van der Waals surface area contributed by atoms with Gasteiger partial charge in [0.1, 0.15) is 11.5 Å². The molecule has 0 saturated heterocycles. The van der Waals surface area contributed by atoms with Gasteiger partial charge in [-0.05, 0) is 32.0 Å². The molecule has 0 N–H and O–H groups in total. The highest BCUT2D eigenvalue weighted by Crippen LogP contribution is 2.28. The summed E-state index contributed by atoms with van der Waals surface area (Å²) in [4.78, 5) is 11.6. The molecule has 1 aliphatic rings. The topological polar surface area (TPSA) is 60.6 Å². The third-order valence-corrected chi connectivity index (χ3v) is 4.80. The third kappa shape index (κ3) is 4.02. The van der Waals surface area contributed by atoms with E-state index in [1.54, 1.807) is 6.26 Å². The molecule has 146 valence electrons. The Morgan fingerprint density at radius 1 is 1.14 bits per heavy atom. The molecular formula is C22H25N3O3. The molecule has 6 nitrogen and oxygen atoms in total. The largest absolute Gasteiger partial charge is 0.494 e. The van der Waals surface area contributed by atoms with Crippen LogP contribution in [0.2, 0.25) is 0 Å². The monoisotopic (exact) mass is 379 g/mol. The lowest BCUT2D eigenvalue weighted by Crippen LogP contribution is -2.31. The van der Waals surface area contributed by atoms with Gasteiger partial charge in [-0.2, -0.15) is 0 Å². The number of fused-ring (bicyclic) bond motifs is 1. The molecule has 0 spiro atoms. The first-order chi connectivity index (χ1) is 13.8. The van der Waals surface area contributed by atoms with Gasteiger partial charge in [0, 0.05) is 49.4 Å². The van der Waals surface area contributed by atoms with E-state index in [4.69, 9.17) is 18.9 Å². The van der Waals surface area contributed by atoms with Gasteiger partial charge in [0.2, 0.25) is 0 Å². The number of hydrogen-bond acceptors (Lipinski definition) is 6. The molecule has 0 unspecified atom stereocenters. The van der Waals surface area contributed by atoms with Crippen molar-refractivity contribution in [1.82, 2.24) is 14.9 Å². The van der Waals surface area contributed by atoms with Crippen LogP contribution in [0.3, 0.4) is 0 Å². The maximum absolute atomic E-state index is 5.85. The van der Waals surface area contributed by atoms with Gasteiger partial charge in [-0.15, -0.1) is 0 Å². The lowest BCUT2D eigenvalue weighted by Gasteiger charge is -2.28. The fourth-order valence-electron chi connectivity index (χ4n) is 3.49. The molecule has 0 amide bonds. The number of nitrogens with zero attached hydrogens (tertiary/aromatic N) is 3. The molecule has 1 aromatic carbocycles. The Morgan fingerprint density at radius 3 is 2.82 bits per heavy atom. The van der Waals surface area contributed by atoms with Crippen molar-refractivity contribution in [2.75, 3.05) is 19.8 Å². The molecule has 0 aliphatic carbocycles. The highest BCUT2D eigenvalue weighted by atomic mass is 16.5. The lowest BCUT2D eigenvalue weighted by atomic mass is 10.1.